The zero-order chi connectivity index (χ0) is 13.0. The third-order valence-electron chi connectivity index (χ3n) is 4.11. The molecule has 0 spiro atoms. The van der Waals surface area contributed by atoms with Crippen LogP contribution in [0.4, 0.5) is 5.69 Å². The normalized spacial score (nSPS) is 17.3. The second-order valence-corrected chi connectivity index (χ2v) is 5.29. The maximum Gasteiger partial charge on any atom is 0.274 e. The van der Waals surface area contributed by atoms with Gasteiger partial charge >= 0.3 is 0 Å². The summed E-state index contributed by atoms with van der Waals surface area (Å²) in [6.07, 6.45) is 4.56. The number of hydrogen-bond acceptors (Lipinski definition) is 3. The molecule has 1 N–H and O–H groups in total. The molecule has 0 amide bonds. The minimum absolute atomic E-state index is 0.0257. The summed E-state index contributed by atoms with van der Waals surface area (Å²) in [5.74, 6) is 0. The minimum Gasteiger partial charge on any atom is -0.358 e. The molecule has 0 radical (unpaired) electrons. The Kier molecular flexibility index (Phi) is 2.10. The molecular formula is C15H15N3O. The van der Waals surface area contributed by atoms with E-state index in [2.05, 4.69) is 10.4 Å². The summed E-state index contributed by atoms with van der Waals surface area (Å²) < 4.78 is 1.46. The Bertz CT molecular complexity index is 786. The molecule has 1 aromatic heterocycles. The van der Waals surface area contributed by atoms with Crippen LogP contribution in [-0.2, 0) is 7.05 Å². The Morgan fingerprint density at radius 1 is 1.26 bits per heavy atom. The van der Waals surface area contributed by atoms with Crippen LogP contribution in [0.25, 0.3) is 16.3 Å². The number of rotatable bonds is 0. The van der Waals surface area contributed by atoms with Crippen molar-refractivity contribution in [3.8, 4) is 0 Å². The molecule has 1 aromatic carbocycles. The van der Waals surface area contributed by atoms with E-state index in [0.29, 0.717) is 0 Å². The quantitative estimate of drug-likeness (QED) is 0.785. The fourth-order valence-corrected chi connectivity index (χ4v) is 3.19. The van der Waals surface area contributed by atoms with E-state index in [1.54, 1.807) is 7.05 Å². The summed E-state index contributed by atoms with van der Waals surface area (Å²) in [5.41, 5.74) is 4.59. The van der Waals surface area contributed by atoms with Crippen molar-refractivity contribution in [3.63, 3.8) is 0 Å². The van der Waals surface area contributed by atoms with Gasteiger partial charge in [-0.25, -0.2) is 4.68 Å². The number of allylic oxidation sites excluding steroid dienone is 2. The molecule has 2 aromatic rings. The van der Waals surface area contributed by atoms with Crippen molar-refractivity contribution in [1.82, 2.24) is 9.78 Å². The molecule has 96 valence electrons. The second-order valence-electron chi connectivity index (χ2n) is 5.29. The molecule has 1 aliphatic heterocycles. The van der Waals surface area contributed by atoms with Crippen molar-refractivity contribution in [1.29, 1.82) is 0 Å². The van der Waals surface area contributed by atoms with Gasteiger partial charge in [0, 0.05) is 23.8 Å². The highest BCUT2D eigenvalue weighted by Gasteiger charge is 2.25. The third kappa shape index (κ3) is 1.40. The van der Waals surface area contributed by atoms with Crippen molar-refractivity contribution >= 4 is 22.0 Å². The van der Waals surface area contributed by atoms with E-state index in [4.69, 9.17) is 0 Å². The van der Waals surface area contributed by atoms with Crippen LogP contribution in [-0.4, -0.2) is 9.78 Å². The first-order valence-electron chi connectivity index (χ1n) is 6.75. The first-order valence-corrected chi connectivity index (χ1v) is 6.75. The summed E-state index contributed by atoms with van der Waals surface area (Å²) in [7, 11) is 1.73. The van der Waals surface area contributed by atoms with Crippen molar-refractivity contribution in [2.75, 3.05) is 5.32 Å². The Hall–Kier alpha value is -2.10. The van der Waals surface area contributed by atoms with E-state index in [1.165, 1.54) is 28.8 Å². The highest BCUT2D eigenvalue weighted by Crippen LogP contribution is 2.40. The molecule has 0 saturated heterocycles. The molecule has 0 saturated carbocycles. The first-order chi connectivity index (χ1) is 9.25. The molecule has 1 aliphatic carbocycles. The minimum atomic E-state index is -0.0257. The number of nitrogens with zero attached hydrogens (tertiary/aromatic N) is 2. The van der Waals surface area contributed by atoms with Crippen LogP contribution in [0.5, 0.6) is 0 Å². The maximum absolute atomic E-state index is 12.2. The summed E-state index contributed by atoms with van der Waals surface area (Å²) in [6.45, 7) is 0. The lowest BCUT2D eigenvalue weighted by molar-refractivity contribution is 0.686. The zero-order valence-electron chi connectivity index (χ0n) is 10.9. The predicted octanol–water partition coefficient (Wildman–Crippen LogP) is 2.64. The van der Waals surface area contributed by atoms with Crippen molar-refractivity contribution in [2.24, 2.45) is 7.05 Å². The smallest absolute Gasteiger partial charge is 0.274 e. The number of fused-ring (bicyclic) bond motifs is 1. The van der Waals surface area contributed by atoms with Gasteiger partial charge in [0.15, 0.2) is 0 Å². The fraction of sp³-hybridized carbons (Fsp3) is 0.333. The molecule has 4 nitrogen and oxygen atoms in total. The molecule has 0 bridgehead atoms. The molecule has 0 unspecified atom stereocenters. The summed E-state index contributed by atoms with van der Waals surface area (Å²) in [6, 6.07) is 5.86. The Morgan fingerprint density at radius 3 is 3.00 bits per heavy atom. The third-order valence-corrected chi connectivity index (χ3v) is 4.11. The average Bonchev–Trinajstić information content (AvgIpc) is 2.44. The molecule has 4 heteroatoms. The lowest BCUT2D eigenvalue weighted by Gasteiger charge is -2.27. The van der Waals surface area contributed by atoms with Crippen LogP contribution in [0, 0.1) is 0 Å². The lowest BCUT2D eigenvalue weighted by Crippen LogP contribution is -2.24. The van der Waals surface area contributed by atoms with Crippen LogP contribution in [0.2, 0.25) is 0 Å². The monoisotopic (exact) mass is 253 g/mol. The predicted molar refractivity (Wildman–Crippen MR) is 76.0 cm³/mol. The fourth-order valence-electron chi connectivity index (χ4n) is 3.19. The Morgan fingerprint density at radius 2 is 2.11 bits per heavy atom. The van der Waals surface area contributed by atoms with Gasteiger partial charge < -0.3 is 5.32 Å². The van der Waals surface area contributed by atoms with Crippen LogP contribution < -0.4 is 10.9 Å². The maximum atomic E-state index is 12.2. The van der Waals surface area contributed by atoms with Crippen molar-refractivity contribution in [3.05, 3.63) is 39.9 Å². The van der Waals surface area contributed by atoms with Crippen molar-refractivity contribution in [2.45, 2.75) is 25.7 Å². The van der Waals surface area contributed by atoms with E-state index >= 15 is 0 Å². The Labute approximate surface area is 110 Å². The highest BCUT2D eigenvalue weighted by atomic mass is 16.1. The number of hydrogen-bond donors (Lipinski definition) is 1. The van der Waals surface area contributed by atoms with E-state index < -0.39 is 0 Å². The largest absolute Gasteiger partial charge is 0.358 e. The SMILES string of the molecule is Cn1nc2c3c(cccc3c1=O)NC1=C2CCCC1. The summed E-state index contributed by atoms with van der Waals surface area (Å²) in [4.78, 5) is 12.2. The van der Waals surface area contributed by atoms with Gasteiger partial charge in [0.05, 0.1) is 11.1 Å². The average molecular weight is 253 g/mol. The highest BCUT2D eigenvalue weighted by molar-refractivity contribution is 6.04. The van der Waals surface area contributed by atoms with Gasteiger partial charge in [-0.05, 0) is 43.4 Å². The Balaban J connectivity index is 2.16. The standard InChI is InChI=1S/C15H15N3O/c1-18-15(19)10-6-4-8-12-13(10)14(17-18)9-5-2-3-7-11(9)16-12/h4,6,8,16H,2-3,5,7H2,1H3. The number of aromatic nitrogens is 2. The van der Waals surface area contributed by atoms with Gasteiger partial charge in [0.1, 0.15) is 0 Å². The number of benzene rings is 1. The first kappa shape index (κ1) is 10.8. The van der Waals surface area contributed by atoms with Crippen LogP contribution >= 0.6 is 0 Å². The number of anilines is 1. The van der Waals surface area contributed by atoms with Crippen LogP contribution in [0.1, 0.15) is 31.4 Å². The molecule has 0 atom stereocenters. The van der Waals surface area contributed by atoms with Crippen LogP contribution in [0.3, 0.4) is 0 Å². The number of nitrogens with one attached hydrogen (secondary N) is 1. The number of aryl methyl sites for hydroxylation is 1. The lowest BCUT2D eigenvalue weighted by atomic mass is 9.88. The van der Waals surface area contributed by atoms with Gasteiger partial charge in [0.2, 0.25) is 0 Å². The second kappa shape index (κ2) is 3.70. The van der Waals surface area contributed by atoms with E-state index in [9.17, 15) is 4.79 Å². The van der Waals surface area contributed by atoms with Crippen LogP contribution in [0.15, 0.2) is 28.7 Å². The van der Waals surface area contributed by atoms with Gasteiger partial charge in [-0.15, -0.1) is 0 Å². The molecule has 4 rings (SSSR count). The molecule has 19 heavy (non-hydrogen) atoms. The topological polar surface area (TPSA) is 46.9 Å². The van der Waals surface area contributed by atoms with Gasteiger partial charge in [-0.3, -0.25) is 4.79 Å². The van der Waals surface area contributed by atoms with Gasteiger partial charge in [0.25, 0.3) is 5.56 Å². The zero-order valence-corrected chi connectivity index (χ0v) is 10.9. The van der Waals surface area contributed by atoms with Gasteiger partial charge in [-0.1, -0.05) is 6.07 Å². The van der Waals surface area contributed by atoms with E-state index in [1.807, 2.05) is 18.2 Å². The summed E-state index contributed by atoms with van der Waals surface area (Å²) in [5, 5.41) is 9.77. The molecule has 0 fully saturated rings. The van der Waals surface area contributed by atoms with Crippen molar-refractivity contribution < 1.29 is 0 Å². The molecule has 2 aliphatic rings. The molecule has 2 heterocycles. The van der Waals surface area contributed by atoms with E-state index in [0.717, 1.165) is 35.0 Å². The summed E-state index contributed by atoms with van der Waals surface area (Å²) >= 11 is 0. The molecular weight excluding hydrogens is 238 g/mol. The van der Waals surface area contributed by atoms with Gasteiger partial charge in [-0.2, -0.15) is 5.10 Å². The van der Waals surface area contributed by atoms with E-state index in [-0.39, 0.29) is 5.56 Å².